The van der Waals surface area contributed by atoms with E-state index in [1.54, 1.807) is 6.92 Å². The Morgan fingerprint density at radius 2 is 2.00 bits per heavy atom. The third-order valence-electron chi connectivity index (χ3n) is 3.24. The number of nitrogens with two attached hydrogens (primary N) is 1. The van der Waals surface area contributed by atoms with Crippen molar-refractivity contribution in [2.45, 2.75) is 32.1 Å². The molecule has 1 unspecified atom stereocenters. The smallest absolute Gasteiger partial charge is 0.245 e. The van der Waals surface area contributed by atoms with Crippen LogP contribution in [0.25, 0.3) is 0 Å². The molecule has 7 heteroatoms. The first kappa shape index (κ1) is 17.4. The van der Waals surface area contributed by atoms with E-state index >= 15 is 0 Å². The normalized spacial score (nSPS) is 13.7. The van der Waals surface area contributed by atoms with Crippen LogP contribution in [0.1, 0.15) is 27.2 Å². The Bertz CT molecular complexity index is 578. The van der Waals surface area contributed by atoms with Gasteiger partial charge in [-0.25, -0.2) is 12.8 Å². The first-order chi connectivity index (χ1) is 9.23. The van der Waals surface area contributed by atoms with Crippen LogP contribution in [-0.4, -0.2) is 25.8 Å². The van der Waals surface area contributed by atoms with Crippen molar-refractivity contribution in [1.82, 2.24) is 4.31 Å². The summed E-state index contributed by atoms with van der Waals surface area (Å²) in [6.45, 7) is 6.54. The van der Waals surface area contributed by atoms with Crippen LogP contribution in [0.2, 0.25) is 0 Å². The molecule has 1 atom stereocenters. The highest BCUT2D eigenvalue weighted by molar-refractivity contribution is 9.10. The topological polar surface area (TPSA) is 63.4 Å². The minimum absolute atomic E-state index is 0.0593. The predicted octanol–water partition coefficient (Wildman–Crippen LogP) is 3.23. The predicted molar refractivity (Wildman–Crippen MR) is 82.4 cm³/mol. The summed E-state index contributed by atoms with van der Waals surface area (Å²) >= 11 is 2.99. The minimum atomic E-state index is -3.71. The van der Waals surface area contributed by atoms with Gasteiger partial charge in [0.2, 0.25) is 10.0 Å². The average molecular weight is 367 g/mol. The second-order valence-corrected chi connectivity index (χ2v) is 7.53. The Balaban J connectivity index is 3.24. The van der Waals surface area contributed by atoms with E-state index in [-0.39, 0.29) is 21.0 Å². The number of rotatable bonds is 6. The van der Waals surface area contributed by atoms with E-state index in [0.717, 1.165) is 12.5 Å². The molecule has 1 aromatic rings. The Morgan fingerprint density at radius 1 is 1.40 bits per heavy atom. The summed E-state index contributed by atoms with van der Waals surface area (Å²) in [7, 11) is -3.71. The molecule has 1 aromatic carbocycles. The van der Waals surface area contributed by atoms with Gasteiger partial charge in [0.25, 0.3) is 0 Å². The molecule has 2 N–H and O–H groups in total. The van der Waals surface area contributed by atoms with Gasteiger partial charge >= 0.3 is 0 Å². The molecule has 0 aromatic heterocycles. The van der Waals surface area contributed by atoms with Gasteiger partial charge in [-0.15, -0.1) is 0 Å². The van der Waals surface area contributed by atoms with Crippen LogP contribution in [-0.2, 0) is 10.0 Å². The van der Waals surface area contributed by atoms with Crippen molar-refractivity contribution in [3.8, 4) is 0 Å². The number of hydrogen-bond donors (Lipinski definition) is 1. The third kappa shape index (κ3) is 3.71. The molecular weight excluding hydrogens is 347 g/mol. The standard InChI is InChI=1S/C13H20BrFN2O2S/c1-4-9(3)8-17(5-2)20(18,19)13-6-10(14)11(15)7-12(13)16/h6-7,9H,4-5,8,16H2,1-3H3. The second kappa shape index (κ2) is 6.87. The van der Waals surface area contributed by atoms with Gasteiger partial charge in [0.05, 0.1) is 10.2 Å². The summed E-state index contributed by atoms with van der Waals surface area (Å²) < 4.78 is 40.0. The van der Waals surface area contributed by atoms with Crippen LogP contribution >= 0.6 is 15.9 Å². The molecule has 0 aliphatic carbocycles. The van der Waals surface area contributed by atoms with Crippen LogP contribution in [0.3, 0.4) is 0 Å². The van der Waals surface area contributed by atoms with Crippen LogP contribution in [0.15, 0.2) is 21.5 Å². The molecule has 4 nitrogen and oxygen atoms in total. The monoisotopic (exact) mass is 366 g/mol. The van der Waals surface area contributed by atoms with Crippen molar-refractivity contribution in [2.24, 2.45) is 5.92 Å². The number of anilines is 1. The highest BCUT2D eigenvalue weighted by Crippen LogP contribution is 2.28. The van der Waals surface area contributed by atoms with E-state index in [2.05, 4.69) is 15.9 Å². The van der Waals surface area contributed by atoms with E-state index < -0.39 is 15.8 Å². The van der Waals surface area contributed by atoms with Crippen molar-refractivity contribution >= 4 is 31.6 Å². The minimum Gasteiger partial charge on any atom is -0.398 e. The van der Waals surface area contributed by atoms with E-state index in [4.69, 9.17) is 5.73 Å². The SMILES string of the molecule is CCC(C)CN(CC)S(=O)(=O)c1cc(Br)c(F)cc1N. The van der Waals surface area contributed by atoms with Gasteiger partial charge in [-0.2, -0.15) is 4.31 Å². The lowest BCUT2D eigenvalue weighted by molar-refractivity contribution is 0.361. The quantitative estimate of drug-likeness (QED) is 0.786. The van der Waals surface area contributed by atoms with Gasteiger partial charge in [0, 0.05) is 13.1 Å². The lowest BCUT2D eigenvalue weighted by Gasteiger charge is -2.24. The summed E-state index contributed by atoms with van der Waals surface area (Å²) in [5.74, 6) is -0.332. The van der Waals surface area contributed by atoms with Gasteiger partial charge in [-0.05, 0) is 34.0 Å². The van der Waals surface area contributed by atoms with Gasteiger partial charge in [0.15, 0.2) is 0 Å². The third-order valence-corrected chi connectivity index (χ3v) is 5.84. The van der Waals surface area contributed by atoms with Gasteiger partial charge in [-0.3, -0.25) is 0 Å². The first-order valence-electron chi connectivity index (χ1n) is 6.48. The molecule has 0 aliphatic rings. The van der Waals surface area contributed by atoms with Gasteiger partial charge in [0.1, 0.15) is 10.7 Å². The van der Waals surface area contributed by atoms with Crippen molar-refractivity contribution < 1.29 is 12.8 Å². The maximum absolute atomic E-state index is 13.4. The molecular formula is C13H20BrFN2O2S. The largest absolute Gasteiger partial charge is 0.398 e. The molecule has 1 rings (SSSR count). The fourth-order valence-electron chi connectivity index (χ4n) is 1.78. The Morgan fingerprint density at radius 3 is 2.50 bits per heavy atom. The van der Waals surface area contributed by atoms with Crippen LogP contribution in [0.4, 0.5) is 10.1 Å². The summed E-state index contributed by atoms with van der Waals surface area (Å²) in [4.78, 5) is -0.0593. The molecule has 0 amide bonds. The molecule has 0 heterocycles. The fraction of sp³-hybridized carbons (Fsp3) is 0.538. The number of nitrogens with zero attached hydrogens (tertiary/aromatic N) is 1. The number of benzene rings is 1. The number of hydrogen-bond acceptors (Lipinski definition) is 3. The van der Waals surface area contributed by atoms with E-state index in [1.807, 2.05) is 13.8 Å². The number of halogens is 2. The number of sulfonamides is 1. The zero-order chi connectivity index (χ0) is 15.5. The Hall–Kier alpha value is -0.660. The van der Waals surface area contributed by atoms with Crippen LogP contribution in [0, 0.1) is 11.7 Å². The Kier molecular flexibility index (Phi) is 5.97. The van der Waals surface area contributed by atoms with Crippen LogP contribution < -0.4 is 5.73 Å². The maximum Gasteiger partial charge on any atom is 0.245 e. The highest BCUT2D eigenvalue weighted by Gasteiger charge is 2.27. The van der Waals surface area contributed by atoms with Crippen molar-refractivity contribution in [3.05, 3.63) is 22.4 Å². The van der Waals surface area contributed by atoms with Gasteiger partial charge in [-0.1, -0.05) is 27.2 Å². The van der Waals surface area contributed by atoms with Crippen molar-refractivity contribution in [3.63, 3.8) is 0 Å². The average Bonchev–Trinajstić information content (AvgIpc) is 2.39. The van der Waals surface area contributed by atoms with Crippen LogP contribution in [0.5, 0.6) is 0 Å². The van der Waals surface area contributed by atoms with E-state index in [9.17, 15) is 12.8 Å². The van der Waals surface area contributed by atoms with Crippen molar-refractivity contribution in [1.29, 1.82) is 0 Å². The number of nitrogen functional groups attached to an aromatic ring is 1. The van der Waals surface area contributed by atoms with Gasteiger partial charge < -0.3 is 5.73 Å². The molecule has 0 aliphatic heterocycles. The highest BCUT2D eigenvalue weighted by atomic mass is 79.9. The molecule has 0 spiro atoms. The molecule has 114 valence electrons. The zero-order valence-electron chi connectivity index (χ0n) is 11.9. The second-order valence-electron chi connectivity index (χ2n) is 4.77. The summed E-state index contributed by atoms with van der Waals surface area (Å²) in [6.07, 6.45) is 0.884. The Labute approximate surface area is 128 Å². The summed E-state index contributed by atoms with van der Waals surface area (Å²) in [5, 5.41) is 0. The summed E-state index contributed by atoms with van der Waals surface area (Å²) in [5.41, 5.74) is 5.59. The summed E-state index contributed by atoms with van der Waals surface area (Å²) in [6, 6.07) is 2.24. The molecule has 0 radical (unpaired) electrons. The fourth-order valence-corrected chi connectivity index (χ4v) is 3.97. The zero-order valence-corrected chi connectivity index (χ0v) is 14.3. The maximum atomic E-state index is 13.4. The molecule has 0 saturated carbocycles. The lowest BCUT2D eigenvalue weighted by Crippen LogP contribution is -2.35. The van der Waals surface area contributed by atoms with E-state index in [0.29, 0.717) is 13.1 Å². The first-order valence-corrected chi connectivity index (χ1v) is 8.71. The molecule has 0 bridgehead atoms. The van der Waals surface area contributed by atoms with E-state index in [1.165, 1.54) is 10.4 Å². The molecule has 0 saturated heterocycles. The molecule has 20 heavy (non-hydrogen) atoms. The molecule has 0 fully saturated rings. The van der Waals surface area contributed by atoms with Crippen molar-refractivity contribution in [2.75, 3.05) is 18.8 Å². The lowest BCUT2D eigenvalue weighted by atomic mass is 10.1.